The summed E-state index contributed by atoms with van der Waals surface area (Å²) < 4.78 is 0. The lowest BCUT2D eigenvalue weighted by atomic mass is 9.43. The van der Waals surface area contributed by atoms with Gasteiger partial charge in [0.1, 0.15) is 11.6 Å². The van der Waals surface area contributed by atoms with Gasteiger partial charge in [0.2, 0.25) is 0 Å². The van der Waals surface area contributed by atoms with E-state index < -0.39 is 0 Å². The zero-order chi connectivity index (χ0) is 20.8. The van der Waals surface area contributed by atoms with Crippen molar-refractivity contribution in [3.63, 3.8) is 0 Å². The number of hydrogen-bond acceptors (Lipinski definition) is 6. The predicted octanol–water partition coefficient (Wildman–Crippen LogP) is 2.36. The quantitative estimate of drug-likeness (QED) is 0.464. The molecule has 3 fully saturated rings. The highest BCUT2D eigenvalue weighted by Gasteiger charge is 2.64. The summed E-state index contributed by atoms with van der Waals surface area (Å²) >= 11 is 0. The average Bonchev–Trinajstić information content (AvgIpc) is 3.01. The molecule has 2 unspecified atom stereocenters. The third-order valence-corrected chi connectivity index (χ3v) is 8.88. The van der Waals surface area contributed by atoms with E-state index in [1.165, 1.54) is 0 Å². The Kier molecular flexibility index (Phi) is 5.64. The molecule has 6 nitrogen and oxygen atoms in total. The highest BCUT2D eigenvalue weighted by Crippen LogP contribution is 2.65. The molecule has 6 heteroatoms. The maximum Gasteiger partial charge on any atom is 0.142 e. The van der Waals surface area contributed by atoms with Crippen LogP contribution in [0.4, 0.5) is 0 Å². The van der Waals surface area contributed by atoms with Gasteiger partial charge in [0.15, 0.2) is 0 Å². The lowest BCUT2D eigenvalue weighted by Gasteiger charge is -2.59. The smallest absolute Gasteiger partial charge is 0.142 e. The molecule has 4 rings (SSSR count). The van der Waals surface area contributed by atoms with E-state index >= 15 is 0 Å². The second-order valence-corrected chi connectivity index (χ2v) is 10.2. The Bertz CT molecular complexity index is 707. The fourth-order valence-corrected chi connectivity index (χ4v) is 7.13. The van der Waals surface area contributed by atoms with E-state index in [4.69, 9.17) is 10.6 Å². The number of hydrogen-bond donors (Lipinski definition) is 3. The van der Waals surface area contributed by atoms with E-state index in [0.29, 0.717) is 31.3 Å². The topological polar surface area (TPSA) is 102 Å². The van der Waals surface area contributed by atoms with Crippen LogP contribution in [0.15, 0.2) is 11.8 Å². The number of ketones is 2. The second kappa shape index (κ2) is 7.78. The van der Waals surface area contributed by atoms with Crippen molar-refractivity contribution in [3.05, 3.63) is 11.8 Å². The maximum atomic E-state index is 13.6. The summed E-state index contributed by atoms with van der Waals surface area (Å²) in [5.41, 5.74) is 9.21. The first-order chi connectivity index (χ1) is 13.9. The zero-order valence-electron chi connectivity index (χ0n) is 17.8. The van der Waals surface area contributed by atoms with Gasteiger partial charge in [-0.2, -0.15) is 0 Å². The van der Waals surface area contributed by atoms with Gasteiger partial charge < -0.3 is 10.8 Å². The van der Waals surface area contributed by atoms with Crippen LogP contribution in [0.25, 0.3) is 0 Å². The Morgan fingerprint density at radius 1 is 1.21 bits per heavy atom. The Morgan fingerprint density at radius 3 is 2.72 bits per heavy atom. The van der Waals surface area contributed by atoms with Crippen molar-refractivity contribution in [2.75, 3.05) is 19.8 Å². The third kappa shape index (κ3) is 3.19. The molecule has 29 heavy (non-hydrogen) atoms. The minimum Gasteiger partial charge on any atom is -0.396 e. The minimum atomic E-state index is -0.388. The number of aliphatic hydroxyl groups excluding tert-OH is 1. The van der Waals surface area contributed by atoms with Crippen molar-refractivity contribution in [2.24, 2.45) is 46.2 Å². The van der Waals surface area contributed by atoms with E-state index in [-0.39, 0.29) is 46.9 Å². The first kappa shape index (κ1) is 21.0. The number of nitrogens with two attached hydrogens (primary N) is 1. The molecule has 0 aliphatic heterocycles. The number of fused-ring (bicyclic) bond motifs is 5. The van der Waals surface area contributed by atoms with Crippen LogP contribution in [0.2, 0.25) is 0 Å². The number of hydroxylamine groups is 1. The number of Topliss-reactive ketones (excluding diaryl/α,β-unsaturated/α-hetero) is 2. The standard InChI is InChI=1S/C23H36N2O4/c1-22-8-6-14(25-29-11-3-10-24)12-18(22)15(13-26)21(28)20-16-4-5-19(27)23(16,2)9-7-17(20)22/h12,15-18,20,25-26H,3-11,13,24H2,1-2H3/t15?,16-,17+,18?,20-,22+,23-/m0/s1. The molecular formula is C23H36N2O4. The van der Waals surface area contributed by atoms with E-state index in [9.17, 15) is 14.7 Å². The SMILES string of the molecule is C[C@]12CCC(NOCCCN)=CC1C(CO)C(=O)[C@@H]1[C@H]2CC[C@]2(C)C(=O)CC[C@@H]12. The molecule has 0 aromatic rings. The number of allylic oxidation sites excluding steroid dienone is 2. The Morgan fingerprint density at radius 2 is 2.00 bits per heavy atom. The summed E-state index contributed by atoms with van der Waals surface area (Å²) in [7, 11) is 0. The molecule has 0 spiro atoms. The molecular weight excluding hydrogens is 368 g/mol. The van der Waals surface area contributed by atoms with Crippen LogP contribution in [0.5, 0.6) is 0 Å². The van der Waals surface area contributed by atoms with Crippen molar-refractivity contribution in [2.45, 2.75) is 58.8 Å². The molecule has 0 heterocycles. The normalized spacial score (nSPS) is 44.0. The van der Waals surface area contributed by atoms with Crippen LogP contribution in [-0.4, -0.2) is 36.4 Å². The van der Waals surface area contributed by atoms with Gasteiger partial charge in [0, 0.05) is 29.4 Å². The van der Waals surface area contributed by atoms with Crippen LogP contribution in [-0.2, 0) is 14.4 Å². The lowest BCUT2D eigenvalue weighted by molar-refractivity contribution is -0.162. The van der Waals surface area contributed by atoms with Gasteiger partial charge in [0.05, 0.1) is 13.2 Å². The highest BCUT2D eigenvalue weighted by atomic mass is 16.6. The average molecular weight is 405 g/mol. The van der Waals surface area contributed by atoms with Crippen LogP contribution >= 0.6 is 0 Å². The second-order valence-electron chi connectivity index (χ2n) is 10.2. The van der Waals surface area contributed by atoms with Crippen LogP contribution in [0.3, 0.4) is 0 Å². The molecule has 4 aliphatic rings. The predicted molar refractivity (Wildman–Crippen MR) is 109 cm³/mol. The van der Waals surface area contributed by atoms with Crippen molar-refractivity contribution in [1.82, 2.24) is 5.48 Å². The monoisotopic (exact) mass is 404 g/mol. The third-order valence-electron chi connectivity index (χ3n) is 8.88. The first-order valence-corrected chi connectivity index (χ1v) is 11.3. The molecule has 3 saturated carbocycles. The summed E-state index contributed by atoms with van der Waals surface area (Å²) in [6.07, 6.45) is 8.06. The van der Waals surface area contributed by atoms with Crippen molar-refractivity contribution in [1.29, 1.82) is 0 Å². The van der Waals surface area contributed by atoms with Gasteiger partial charge in [-0.15, -0.1) is 0 Å². The lowest BCUT2D eigenvalue weighted by Crippen LogP contribution is -2.60. The van der Waals surface area contributed by atoms with Gasteiger partial charge in [0.25, 0.3) is 0 Å². The molecule has 0 saturated heterocycles. The number of aliphatic hydroxyl groups is 1. The molecule has 0 aromatic carbocycles. The van der Waals surface area contributed by atoms with E-state index in [1.807, 2.05) is 0 Å². The van der Waals surface area contributed by atoms with E-state index in [0.717, 1.165) is 44.2 Å². The van der Waals surface area contributed by atoms with Crippen LogP contribution in [0.1, 0.15) is 58.8 Å². The number of rotatable bonds is 6. The van der Waals surface area contributed by atoms with Gasteiger partial charge in [-0.3, -0.25) is 19.9 Å². The molecule has 0 radical (unpaired) electrons. The van der Waals surface area contributed by atoms with Crippen molar-refractivity contribution >= 4 is 11.6 Å². The zero-order valence-corrected chi connectivity index (χ0v) is 17.8. The largest absolute Gasteiger partial charge is 0.396 e. The fourth-order valence-electron chi connectivity index (χ4n) is 7.13. The van der Waals surface area contributed by atoms with Crippen LogP contribution < -0.4 is 11.2 Å². The fraction of sp³-hybridized carbons (Fsp3) is 0.826. The number of carbonyl (C=O) groups is 2. The summed E-state index contributed by atoms with van der Waals surface area (Å²) in [6, 6.07) is 0. The Hall–Kier alpha value is -1.24. The van der Waals surface area contributed by atoms with E-state index in [1.54, 1.807) is 0 Å². The Labute approximate surface area is 173 Å². The molecule has 4 N–H and O–H groups in total. The molecule has 0 bridgehead atoms. The number of carbonyl (C=O) groups excluding carboxylic acids is 2. The maximum absolute atomic E-state index is 13.6. The van der Waals surface area contributed by atoms with Crippen molar-refractivity contribution in [3.8, 4) is 0 Å². The van der Waals surface area contributed by atoms with Gasteiger partial charge in [-0.25, -0.2) is 0 Å². The van der Waals surface area contributed by atoms with Gasteiger partial charge >= 0.3 is 0 Å². The summed E-state index contributed by atoms with van der Waals surface area (Å²) in [6.45, 7) is 5.41. The molecule has 162 valence electrons. The first-order valence-electron chi connectivity index (χ1n) is 11.3. The van der Waals surface area contributed by atoms with Gasteiger partial charge in [-0.05, 0) is 68.2 Å². The molecule has 7 atom stereocenters. The highest BCUT2D eigenvalue weighted by molar-refractivity contribution is 5.91. The van der Waals surface area contributed by atoms with Crippen molar-refractivity contribution < 1.29 is 19.5 Å². The summed E-state index contributed by atoms with van der Waals surface area (Å²) in [5.74, 6) is 0.511. The van der Waals surface area contributed by atoms with E-state index in [2.05, 4.69) is 25.4 Å². The minimum absolute atomic E-state index is 0.0112. The van der Waals surface area contributed by atoms with Crippen LogP contribution in [0, 0.1) is 40.4 Å². The number of nitrogens with one attached hydrogen (secondary N) is 1. The Balaban J connectivity index is 1.62. The molecule has 0 amide bonds. The van der Waals surface area contributed by atoms with Gasteiger partial charge in [-0.1, -0.05) is 19.9 Å². The summed E-state index contributed by atoms with van der Waals surface area (Å²) in [5, 5.41) is 10.2. The molecule has 4 aliphatic carbocycles. The summed E-state index contributed by atoms with van der Waals surface area (Å²) in [4.78, 5) is 31.8. The molecule has 0 aromatic heterocycles.